The summed E-state index contributed by atoms with van der Waals surface area (Å²) in [6.45, 7) is 3.40. The van der Waals surface area contributed by atoms with E-state index in [-0.39, 0.29) is 11.6 Å². The lowest BCUT2D eigenvalue weighted by atomic mass is 10.0. The molecule has 2 aromatic heterocycles. The first-order valence-corrected chi connectivity index (χ1v) is 9.86. The van der Waals surface area contributed by atoms with Crippen molar-refractivity contribution in [1.29, 1.82) is 5.26 Å². The first kappa shape index (κ1) is 20.6. The highest BCUT2D eigenvalue weighted by Gasteiger charge is 2.23. The Kier molecular flexibility index (Phi) is 5.48. The average Bonchev–Trinajstić information content (AvgIpc) is 3.05. The van der Waals surface area contributed by atoms with E-state index in [0.717, 1.165) is 11.1 Å². The molecule has 4 rings (SSSR count). The maximum absolute atomic E-state index is 14.0. The van der Waals surface area contributed by atoms with E-state index >= 15 is 0 Å². The van der Waals surface area contributed by atoms with Crippen molar-refractivity contribution in [2.24, 2.45) is 7.05 Å². The van der Waals surface area contributed by atoms with Crippen molar-refractivity contribution in [3.05, 3.63) is 53.1 Å². The van der Waals surface area contributed by atoms with E-state index in [4.69, 9.17) is 15.2 Å². The average molecular weight is 422 g/mol. The molecule has 0 aliphatic carbocycles. The molecule has 0 saturated heterocycles. The molecule has 2 bridgehead atoms. The van der Waals surface area contributed by atoms with Crippen molar-refractivity contribution in [3.8, 4) is 28.8 Å². The number of fused-ring (bicyclic) bond motifs is 5. The van der Waals surface area contributed by atoms with Crippen LogP contribution in [0.2, 0.25) is 0 Å². The molecule has 3 aromatic rings. The van der Waals surface area contributed by atoms with Crippen molar-refractivity contribution in [3.63, 3.8) is 0 Å². The Balaban J connectivity index is 1.85. The van der Waals surface area contributed by atoms with E-state index in [1.807, 2.05) is 14.0 Å². The van der Waals surface area contributed by atoms with Gasteiger partial charge in [0.25, 0.3) is 0 Å². The molecule has 31 heavy (non-hydrogen) atoms. The summed E-state index contributed by atoms with van der Waals surface area (Å²) in [6, 6.07) is 8.57. The zero-order valence-electron chi connectivity index (χ0n) is 17.6. The molecule has 0 spiro atoms. The molecule has 1 aromatic carbocycles. The smallest absolute Gasteiger partial charge is 0.242 e. The summed E-state index contributed by atoms with van der Waals surface area (Å²) in [6.07, 6.45) is 1.09. The van der Waals surface area contributed by atoms with Gasteiger partial charge in [0.2, 0.25) is 5.88 Å². The Morgan fingerprint density at radius 3 is 2.87 bits per heavy atom. The fourth-order valence-electron chi connectivity index (χ4n) is 3.69. The number of ether oxygens (including phenoxy) is 2. The normalized spacial score (nSPS) is 16.8. The van der Waals surface area contributed by atoms with Crippen molar-refractivity contribution in [1.82, 2.24) is 19.7 Å². The Morgan fingerprint density at radius 2 is 2.10 bits per heavy atom. The predicted octanol–water partition coefficient (Wildman–Crippen LogP) is 3.04. The molecule has 1 aliphatic heterocycles. The molecule has 2 N–H and O–H groups in total. The number of pyridine rings is 1. The highest BCUT2D eigenvalue weighted by Crippen LogP contribution is 2.37. The predicted molar refractivity (Wildman–Crippen MR) is 113 cm³/mol. The van der Waals surface area contributed by atoms with Crippen LogP contribution in [-0.4, -0.2) is 39.9 Å². The molecule has 9 heteroatoms. The van der Waals surface area contributed by atoms with Gasteiger partial charge in [0.05, 0.1) is 5.56 Å². The lowest BCUT2D eigenvalue weighted by Gasteiger charge is -2.23. The number of nitrogens with two attached hydrogens (primary N) is 1. The fourth-order valence-corrected chi connectivity index (χ4v) is 3.69. The van der Waals surface area contributed by atoms with Crippen LogP contribution in [0.1, 0.15) is 29.8 Å². The largest absolute Gasteiger partial charge is 0.482 e. The third-order valence-electron chi connectivity index (χ3n) is 5.29. The highest BCUT2D eigenvalue weighted by molar-refractivity contribution is 5.75. The maximum atomic E-state index is 14.0. The standard InChI is InChI=1S/C22H23FN6O2/c1-13-17-9-16(23)5-4-14(17)12-28(2)6-7-30-22-20(18(10-24)29(3)27-22)15-8-19(31-13)21(25)26-11-15/h4-5,8-9,11,13H,6-7,12H2,1-3H3,(H2,25,26). The topological polar surface area (TPSA) is 102 Å². The number of anilines is 1. The van der Waals surface area contributed by atoms with Crippen molar-refractivity contribution in [2.75, 3.05) is 25.9 Å². The molecule has 0 saturated carbocycles. The van der Waals surface area contributed by atoms with Gasteiger partial charge in [0.15, 0.2) is 11.6 Å². The van der Waals surface area contributed by atoms with Gasteiger partial charge in [-0.25, -0.2) is 9.37 Å². The molecule has 1 atom stereocenters. The minimum atomic E-state index is -0.471. The second-order valence-electron chi connectivity index (χ2n) is 7.56. The first-order chi connectivity index (χ1) is 14.9. The van der Waals surface area contributed by atoms with E-state index < -0.39 is 6.10 Å². The molecule has 0 fully saturated rings. The SMILES string of the molecule is CC1Oc2cc(cnc2N)-c2c(nn(C)c2C#N)OCCN(C)Cc2ccc(F)cc21. The number of nitrogens with zero attached hydrogens (tertiary/aromatic N) is 5. The highest BCUT2D eigenvalue weighted by atomic mass is 19.1. The number of hydrogen-bond acceptors (Lipinski definition) is 7. The number of halogens is 1. The Morgan fingerprint density at radius 1 is 1.29 bits per heavy atom. The summed E-state index contributed by atoms with van der Waals surface area (Å²) in [5.41, 5.74) is 9.21. The van der Waals surface area contributed by atoms with E-state index in [2.05, 4.69) is 21.1 Å². The minimum Gasteiger partial charge on any atom is -0.482 e. The van der Waals surface area contributed by atoms with Crippen LogP contribution in [0, 0.1) is 17.1 Å². The monoisotopic (exact) mass is 422 g/mol. The van der Waals surface area contributed by atoms with Gasteiger partial charge in [-0.3, -0.25) is 9.58 Å². The minimum absolute atomic E-state index is 0.197. The molecular weight excluding hydrogens is 399 g/mol. The number of nitriles is 1. The lowest BCUT2D eigenvalue weighted by Crippen LogP contribution is -2.25. The Hall–Kier alpha value is -3.64. The zero-order chi connectivity index (χ0) is 22.1. The van der Waals surface area contributed by atoms with Crippen LogP contribution in [0.5, 0.6) is 11.6 Å². The van der Waals surface area contributed by atoms with Crippen molar-refractivity contribution in [2.45, 2.75) is 19.6 Å². The van der Waals surface area contributed by atoms with Gasteiger partial charge in [-0.1, -0.05) is 6.07 Å². The van der Waals surface area contributed by atoms with E-state index in [9.17, 15) is 9.65 Å². The van der Waals surface area contributed by atoms with Gasteiger partial charge >= 0.3 is 0 Å². The number of aromatic nitrogens is 3. The van der Waals surface area contributed by atoms with E-state index in [0.29, 0.717) is 48.1 Å². The van der Waals surface area contributed by atoms with E-state index in [1.165, 1.54) is 16.8 Å². The number of nitrogen functional groups attached to an aromatic ring is 1. The van der Waals surface area contributed by atoms with Gasteiger partial charge in [0.1, 0.15) is 30.3 Å². The molecular formula is C22H23FN6O2. The Labute approximate surface area is 179 Å². The van der Waals surface area contributed by atoms with Gasteiger partial charge in [-0.05, 0) is 43.3 Å². The van der Waals surface area contributed by atoms with Crippen LogP contribution in [0.3, 0.4) is 0 Å². The number of aryl methyl sites for hydroxylation is 1. The Bertz CT molecular complexity index is 1170. The number of benzene rings is 1. The summed E-state index contributed by atoms with van der Waals surface area (Å²) in [5.74, 6) is 0.546. The van der Waals surface area contributed by atoms with Gasteiger partial charge in [0, 0.05) is 31.9 Å². The third kappa shape index (κ3) is 4.02. The molecule has 8 nitrogen and oxygen atoms in total. The van der Waals surface area contributed by atoms with E-state index in [1.54, 1.807) is 25.4 Å². The third-order valence-corrected chi connectivity index (χ3v) is 5.29. The summed E-state index contributed by atoms with van der Waals surface area (Å²) in [7, 11) is 3.64. The van der Waals surface area contributed by atoms with Crippen LogP contribution in [0.4, 0.5) is 10.2 Å². The zero-order valence-corrected chi connectivity index (χ0v) is 17.6. The van der Waals surface area contributed by atoms with Crippen LogP contribution < -0.4 is 15.2 Å². The fraction of sp³-hybridized carbons (Fsp3) is 0.318. The maximum Gasteiger partial charge on any atom is 0.242 e. The molecule has 1 aliphatic rings. The number of likely N-dealkylation sites (N-methyl/N-ethyl adjacent to an activating group) is 1. The summed E-state index contributed by atoms with van der Waals surface area (Å²) < 4.78 is 27.6. The molecule has 0 radical (unpaired) electrons. The summed E-state index contributed by atoms with van der Waals surface area (Å²) in [4.78, 5) is 6.31. The van der Waals surface area contributed by atoms with Crippen LogP contribution in [0.25, 0.3) is 11.1 Å². The molecule has 160 valence electrons. The quantitative estimate of drug-likeness (QED) is 0.594. The van der Waals surface area contributed by atoms with Crippen molar-refractivity contribution >= 4 is 5.82 Å². The van der Waals surface area contributed by atoms with Gasteiger partial charge in [-0.2, -0.15) is 5.26 Å². The second kappa shape index (κ2) is 8.24. The van der Waals surface area contributed by atoms with Gasteiger partial charge in [-0.15, -0.1) is 5.10 Å². The van der Waals surface area contributed by atoms with Crippen molar-refractivity contribution < 1.29 is 13.9 Å². The van der Waals surface area contributed by atoms with Crippen LogP contribution in [0.15, 0.2) is 30.5 Å². The second-order valence-corrected chi connectivity index (χ2v) is 7.56. The molecule has 1 unspecified atom stereocenters. The number of rotatable bonds is 0. The lowest BCUT2D eigenvalue weighted by molar-refractivity contribution is 0.213. The van der Waals surface area contributed by atoms with Crippen LogP contribution >= 0.6 is 0 Å². The first-order valence-electron chi connectivity index (χ1n) is 9.86. The molecule has 0 amide bonds. The molecule has 3 heterocycles. The van der Waals surface area contributed by atoms with Gasteiger partial charge < -0.3 is 15.2 Å². The summed E-state index contributed by atoms with van der Waals surface area (Å²) >= 11 is 0. The van der Waals surface area contributed by atoms with Crippen LogP contribution in [-0.2, 0) is 13.6 Å². The number of hydrogen-bond donors (Lipinski definition) is 1. The summed E-state index contributed by atoms with van der Waals surface area (Å²) in [5, 5.41) is 14.0.